The van der Waals surface area contributed by atoms with Gasteiger partial charge in [0.05, 0.1) is 0 Å². The van der Waals surface area contributed by atoms with E-state index in [1.54, 1.807) is 0 Å². The first-order chi connectivity index (χ1) is 6.90. The van der Waals surface area contributed by atoms with Crippen LogP contribution in [0, 0.1) is 0 Å². The second-order valence-corrected chi connectivity index (χ2v) is 3.61. The molecule has 1 aromatic heterocycles. The van der Waals surface area contributed by atoms with Crippen LogP contribution < -0.4 is 0 Å². The van der Waals surface area contributed by atoms with Crippen molar-refractivity contribution in [1.29, 1.82) is 0 Å². The highest BCUT2D eigenvalue weighted by Gasteiger charge is 2.10. The van der Waals surface area contributed by atoms with Crippen LogP contribution in [0.3, 0.4) is 0 Å². The maximum atomic E-state index is 4.03. The third kappa shape index (κ3) is 2.02. The molecule has 0 fully saturated rings. The lowest BCUT2D eigenvalue weighted by molar-refractivity contribution is 0.319. The first-order valence-corrected chi connectivity index (χ1v) is 5.22. The van der Waals surface area contributed by atoms with Gasteiger partial charge in [-0.3, -0.25) is 9.88 Å². The van der Waals surface area contributed by atoms with E-state index < -0.39 is 0 Å². The van der Waals surface area contributed by atoms with Crippen LogP contribution in [-0.2, 0) is 0 Å². The van der Waals surface area contributed by atoms with Gasteiger partial charge in [0.1, 0.15) is 0 Å². The second kappa shape index (κ2) is 4.38. The van der Waals surface area contributed by atoms with Crippen LogP contribution >= 0.6 is 0 Å². The van der Waals surface area contributed by atoms with E-state index in [0.717, 1.165) is 19.5 Å². The summed E-state index contributed by atoms with van der Waals surface area (Å²) in [6, 6.07) is 4.18. The number of hydrogen-bond acceptors (Lipinski definition) is 2. The zero-order valence-electron chi connectivity index (χ0n) is 8.61. The molecule has 0 saturated heterocycles. The fourth-order valence-corrected chi connectivity index (χ4v) is 1.83. The highest BCUT2D eigenvalue weighted by atomic mass is 15.1. The molecule has 0 N–H and O–H groups in total. The SMILES string of the molecule is CCN1CC=C(c2ccncc2)CC1. The summed E-state index contributed by atoms with van der Waals surface area (Å²) < 4.78 is 0. The summed E-state index contributed by atoms with van der Waals surface area (Å²) >= 11 is 0. The largest absolute Gasteiger partial charge is 0.300 e. The summed E-state index contributed by atoms with van der Waals surface area (Å²) in [5.41, 5.74) is 2.80. The number of likely N-dealkylation sites (N-methyl/N-ethyl adjacent to an activating group) is 1. The summed E-state index contributed by atoms with van der Waals surface area (Å²) in [6.07, 6.45) is 7.23. The molecule has 2 nitrogen and oxygen atoms in total. The van der Waals surface area contributed by atoms with Crippen molar-refractivity contribution in [3.05, 3.63) is 36.2 Å². The second-order valence-electron chi connectivity index (χ2n) is 3.61. The number of aromatic nitrogens is 1. The van der Waals surface area contributed by atoms with Gasteiger partial charge in [0.15, 0.2) is 0 Å². The summed E-state index contributed by atoms with van der Waals surface area (Å²) in [5, 5.41) is 0. The number of pyridine rings is 1. The van der Waals surface area contributed by atoms with Gasteiger partial charge in [-0.25, -0.2) is 0 Å². The van der Waals surface area contributed by atoms with Gasteiger partial charge in [-0.1, -0.05) is 13.0 Å². The van der Waals surface area contributed by atoms with Crippen LogP contribution in [0.1, 0.15) is 18.9 Å². The minimum atomic E-state index is 1.09. The van der Waals surface area contributed by atoms with Crippen LogP contribution in [0.25, 0.3) is 5.57 Å². The molecule has 14 heavy (non-hydrogen) atoms. The molecule has 0 saturated carbocycles. The average molecular weight is 188 g/mol. The van der Waals surface area contributed by atoms with Gasteiger partial charge in [-0.15, -0.1) is 0 Å². The van der Waals surface area contributed by atoms with Crippen molar-refractivity contribution in [3.63, 3.8) is 0 Å². The van der Waals surface area contributed by atoms with E-state index in [2.05, 4.69) is 35.0 Å². The van der Waals surface area contributed by atoms with Gasteiger partial charge in [-0.2, -0.15) is 0 Å². The number of hydrogen-bond donors (Lipinski definition) is 0. The van der Waals surface area contributed by atoms with Gasteiger partial charge in [0, 0.05) is 25.5 Å². The quantitative estimate of drug-likeness (QED) is 0.707. The fourth-order valence-electron chi connectivity index (χ4n) is 1.83. The monoisotopic (exact) mass is 188 g/mol. The summed E-state index contributed by atoms with van der Waals surface area (Å²) in [6.45, 7) is 5.64. The zero-order valence-corrected chi connectivity index (χ0v) is 8.61. The van der Waals surface area contributed by atoms with Crippen molar-refractivity contribution in [2.24, 2.45) is 0 Å². The molecule has 0 radical (unpaired) electrons. The Morgan fingerprint density at radius 2 is 2.14 bits per heavy atom. The van der Waals surface area contributed by atoms with Gasteiger partial charge in [0.2, 0.25) is 0 Å². The average Bonchev–Trinajstić information content (AvgIpc) is 2.30. The lowest BCUT2D eigenvalue weighted by Crippen LogP contribution is -2.27. The van der Waals surface area contributed by atoms with E-state index in [-0.39, 0.29) is 0 Å². The molecule has 0 aliphatic carbocycles. The zero-order chi connectivity index (χ0) is 9.80. The van der Waals surface area contributed by atoms with Gasteiger partial charge in [0.25, 0.3) is 0 Å². The predicted molar refractivity (Wildman–Crippen MR) is 58.9 cm³/mol. The van der Waals surface area contributed by atoms with Crippen molar-refractivity contribution < 1.29 is 0 Å². The first-order valence-electron chi connectivity index (χ1n) is 5.22. The lowest BCUT2D eigenvalue weighted by Gasteiger charge is -2.24. The van der Waals surface area contributed by atoms with E-state index in [1.165, 1.54) is 17.7 Å². The normalized spacial score (nSPS) is 17.9. The van der Waals surface area contributed by atoms with Gasteiger partial charge in [-0.05, 0) is 36.2 Å². The molecule has 0 atom stereocenters. The maximum Gasteiger partial charge on any atom is 0.0273 e. The van der Waals surface area contributed by atoms with E-state index in [0.29, 0.717) is 0 Å². The molecule has 0 aromatic carbocycles. The van der Waals surface area contributed by atoms with E-state index in [9.17, 15) is 0 Å². The van der Waals surface area contributed by atoms with Crippen molar-refractivity contribution in [2.45, 2.75) is 13.3 Å². The van der Waals surface area contributed by atoms with Crippen molar-refractivity contribution in [1.82, 2.24) is 9.88 Å². The summed E-state index contributed by atoms with van der Waals surface area (Å²) in [4.78, 5) is 6.48. The minimum Gasteiger partial charge on any atom is -0.300 e. The van der Waals surface area contributed by atoms with Crippen LogP contribution in [-0.4, -0.2) is 29.5 Å². The van der Waals surface area contributed by atoms with Gasteiger partial charge >= 0.3 is 0 Å². The Balaban J connectivity index is 2.11. The van der Waals surface area contributed by atoms with E-state index >= 15 is 0 Å². The Labute approximate surface area is 85.3 Å². The molecule has 2 heterocycles. The molecule has 74 valence electrons. The molecular weight excluding hydrogens is 172 g/mol. The molecule has 1 aromatic rings. The minimum absolute atomic E-state index is 1.09. The predicted octanol–water partition coefficient (Wildman–Crippen LogP) is 2.19. The molecule has 2 rings (SSSR count). The Morgan fingerprint density at radius 3 is 2.71 bits per heavy atom. The highest BCUT2D eigenvalue weighted by Crippen LogP contribution is 2.20. The van der Waals surface area contributed by atoms with Crippen LogP contribution in [0.5, 0.6) is 0 Å². The van der Waals surface area contributed by atoms with E-state index in [4.69, 9.17) is 0 Å². The van der Waals surface area contributed by atoms with Crippen molar-refractivity contribution in [2.75, 3.05) is 19.6 Å². The first kappa shape index (κ1) is 9.41. The number of nitrogens with zero attached hydrogens (tertiary/aromatic N) is 2. The van der Waals surface area contributed by atoms with Crippen molar-refractivity contribution >= 4 is 5.57 Å². The third-order valence-electron chi connectivity index (χ3n) is 2.79. The molecule has 1 aliphatic heterocycles. The Hall–Kier alpha value is -1.15. The molecule has 0 amide bonds. The molecule has 2 heteroatoms. The van der Waals surface area contributed by atoms with Crippen LogP contribution in [0.4, 0.5) is 0 Å². The lowest BCUT2D eigenvalue weighted by atomic mass is 10.0. The maximum absolute atomic E-state index is 4.03. The molecule has 1 aliphatic rings. The standard InChI is InChI=1S/C12H16N2/c1-2-14-9-5-12(6-10-14)11-3-7-13-8-4-11/h3-5,7-8H,2,6,9-10H2,1H3. The topological polar surface area (TPSA) is 16.1 Å². The summed E-state index contributed by atoms with van der Waals surface area (Å²) in [7, 11) is 0. The molecule has 0 unspecified atom stereocenters. The Morgan fingerprint density at radius 1 is 1.36 bits per heavy atom. The molecule has 0 spiro atoms. The third-order valence-corrected chi connectivity index (χ3v) is 2.79. The van der Waals surface area contributed by atoms with Crippen LogP contribution in [0.15, 0.2) is 30.6 Å². The Kier molecular flexibility index (Phi) is 2.94. The highest BCUT2D eigenvalue weighted by molar-refractivity contribution is 5.66. The molecule has 0 bridgehead atoms. The Bertz CT molecular complexity index is 316. The van der Waals surface area contributed by atoms with Gasteiger partial charge < -0.3 is 0 Å². The van der Waals surface area contributed by atoms with Crippen LogP contribution in [0.2, 0.25) is 0 Å². The van der Waals surface area contributed by atoms with E-state index in [1.807, 2.05) is 12.4 Å². The summed E-state index contributed by atoms with van der Waals surface area (Å²) in [5.74, 6) is 0. The fraction of sp³-hybridized carbons (Fsp3) is 0.417. The molecular formula is C12H16N2. The number of rotatable bonds is 2. The smallest absolute Gasteiger partial charge is 0.0273 e. The van der Waals surface area contributed by atoms with Crippen molar-refractivity contribution in [3.8, 4) is 0 Å².